The highest BCUT2D eigenvalue weighted by Gasteiger charge is 2.25. The van der Waals surface area contributed by atoms with Crippen molar-refractivity contribution >= 4 is 34.9 Å². The Bertz CT molecular complexity index is 911. The zero-order valence-corrected chi connectivity index (χ0v) is 17.2. The zero-order chi connectivity index (χ0) is 20.6. The Morgan fingerprint density at radius 3 is 2.69 bits per heavy atom. The van der Waals surface area contributed by atoms with Gasteiger partial charge in [0.05, 0.1) is 18.0 Å². The minimum Gasteiger partial charge on any atom is -0.463 e. The Kier molecular flexibility index (Phi) is 7.44. The van der Waals surface area contributed by atoms with E-state index in [0.717, 1.165) is 35.3 Å². The normalized spacial score (nSPS) is 13.0. The van der Waals surface area contributed by atoms with Crippen LogP contribution < -0.4 is 10.2 Å². The maximum absolute atomic E-state index is 13.2. The Labute approximate surface area is 176 Å². The largest absolute Gasteiger partial charge is 0.463 e. The molecule has 1 amide bonds. The van der Waals surface area contributed by atoms with Gasteiger partial charge in [0, 0.05) is 30.6 Å². The first-order valence-corrected chi connectivity index (χ1v) is 10.2. The van der Waals surface area contributed by atoms with E-state index < -0.39 is 0 Å². The van der Waals surface area contributed by atoms with E-state index in [1.807, 2.05) is 36.4 Å². The summed E-state index contributed by atoms with van der Waals surface area (Å²) >= 11 is 6.24. The van der Waals surface area contributed by atoms with Crippen molar-refractivity contribution in [2.24, 2.45) is 0 Å². The van der Waals surface area contributed by atoms with Crippen LogP contribution in [0, 0.1) is 0 Å². The molecule has 0 aliphatic carbocycles. The van der Waals surface area contributed by atoms with Gasteiger partial charge in [-0.25, -0.2) is 4.79 Å². The van der Waals surface area contributed by atoms with Crippen LogP contribution in [0.3, 0.4) is 0 Å². The number of halogens is 1. The second-order valence-electron chi connectivity index (χ2n) is 6.74. The summed E-state index contributed by atoms with van der Waals surface area (Å²) in [7, 11) is 0. The van der Waals surface area contributed by atoms with Gasteiger partial charge in [-0.3, -0.25) is 9.69 Å². The fourth-order valence-corrected chi connectivity index (χ4v) is 3.57. The van der Waals surface area contributed by atoms with Crippen molar-refractivity contribution in [2.75, 3.05) is 24.6 Å². The van der Waals surface area contributed by atoms with E-state index in [0.29, 0.717) is 31.1 Å². The summed E-state index contributed by atoms with van der Waals surface area (Å²) in [5.74, 6) is -0.357. The minimum atomic E-state index is -0.361. The summed E-state index contributed by atoms with van der Waals surface area (Å²) in [5.41, 5.74) is 4.04. The van der Waals surface area contributed by atoms with Gasteiger partial charge in [-0.1, -0.05) is 41.9 Å². The van der Waals surface area contributed by atoms with Gasteiger partial charge in [0.2, 0.25) is 5.91 Å². The number of carbonyl (C=O) groups is 2. The number of aryl methyl sites for hydroxylation is 2. The summed E-state index contributed by atoms with van der Waals surface area (Å²) in [6.07, 6.45) is 5.16. The van der Waals surface area contributed by atoms with Gasteiger partial charge in [-0.05, 0) is 49.1 Å². The molecule has 5 nitrogen and oxygen atoms in total. The average Bonchev–Trinajstić information content (AvgIpc) is 2.87. The third kappa shape index (κ3) is 5.46. The van der Waals surface area contributed by atoms with Crippen molar-refractivity contribution in [3.05, 3.63) is 70.8 Å². The first kappa shape index (κ1) is 21.1. The van der Waals surface area contributed by atoms with Crippen LogP contribution in [0.15, 0.2) is 54.6 Å². The molecule has 0 radical (unpaired) electrons. The van der Waals surface area contributed by atoms with E-state index in [4.69, 9.17) is 16.3 Å². The number of amides is 1. The number of nitrogens with zero attached hydrogens (tertiary/aromatic N) is 1. The van der Waals surface area contributed by atoms with Crippen LogP contribution in [-0.2, 0) is 27.2 Å². The number of nitrogens with one attached hydrogen (secondary N) is 1. The maximum atomic E-state index is 13.2. The topological polar surface area (TPSA) is 58.6 Å². The molecule has 0 aromatic heterocycles. The molecule has 1 heterocycles. The number of benzene rings is 2. The molecule has 1 aliphatic heterocycles. The number of fused-ring (bicyclic) bond motifs is 2. The molecule has 3 rings (SSSR count). The van der Waals surface area contributed by atoms with Gasteiger partial charge in [-0.15, -0.1) is 0 Å². The van der Waals surface area contributed by atoms with Gasteiger partial charge in [0.25, 0.3) is 0 Å². The molecule has 2 aromatic rings. The molecule has 1 N–H and O–H groups in total. The molecule has 0 fully saturated rings. The second-order valence-corrected chi connectivity index (χ2v) is 7.18. The van der Waals surface area contributed by atoms with Gasteiger partial charge >= 0.3 is 5.97 Å². The van der Waals surface area contributed by atoms with Crippen molar-refractivity contribution < 1.29 is 14.3 Å². The highest BCUT2D eigenvalue weighted by molar-refractivity contribution is 6.31. The molecule has 0 saturated heterocycles. The number of anilines is 2. The molecule has 0 atom stereocenters. The molecule has 0 unspecified atom stereocenters. The number of ether oxygens (including phenoxy) is 1. The molecule has 0 bridgehead atoms. The third-order valence-electron chi connectivity index (χ3n) is 4.75. The summed E-state index contributed by atoms with van der Waals surface area (Å²) in [6, 6.07) is 13.8. The number of hydrogen-bond donors (Lipinski definition) is 1. The Morgan fingerprint density at radius 1 is 1.14 bits per heavy atom. The van der Waals surface area contributed by atoms with E-state index in [2.05, 4.69) is 11.4 Å². The fraction of sp³-hybridized carbons (Fsp3) is 0.304. The van der Waals surface area contributed by atoms with Crippen LogP contribution in [0.25, 0.3) is 0 Å². The van der Waals surface area contributed by atoms with Crippen molar-refractivity contribution in [3.8, 4) is 0 Å². The van der Waals surface area contributed by atoms with Crippen molar-refractivity contribution in [1.29, 1.82) is 0 Å². The van der Waals surface area contributed by atoms with E-state index in [-0.39, 0.29) is 11.9 Å². The number of rotatable bonds is 7. The fourth-order valence-electron chi connectivity index (χ4n) is 3.40. The predicted molar refractivity (Wildman–Crippen MR) is 116 cm³/mol. The van der Waals surface area contributed by atoms with E-state index in [1.165, 1.54) is 6.08 Å². The molecule has 6 heteroatoms. The SMILES string of the molecule is CCOC(=O)/C=C/CNCCC(=O)N1c2ccccc2CCc2ccc(Cl)cc21. The standard InChI is InChI=1S/C23H25ClN2O3/c1-2-29-23(28)8-5-14-25-15-13-22(27)26-20-7-4-3-6-17(20)9-10-18-11-12-19(24)16-21(18)26/h3-8,11-12,16,25H,2,9-10,13-15H2,1H3/b8-5+. The predicted octanol–water partition coefficient (Wildman–Crippen LogP) is 4.20. The lowest BCUT2D eigenvalue weighted by Crippen LogP contribution is -2.30. The molecule has 152 valence electrons. The van der Waals surface area contributed by atoms with E-state index >= 15 is 0 Å². The molecular weight excluding hydrogens is 388 g/mol. The highest BCUT2D eigenvalue weighted by Crippen LogP contribution is 2.37. The van der Waals surface area contributed by atoms with Crippen molar-refractivity contribution in [3.63, 3.8) is 0 Å². The van der Waals surface area contributed by atoms with Gasteiger partial charge < -0.3 is 10.1 Å². The Morgan fingerprint density at radius 2 is 1.90 bits per heavy atom. The highest BCUT2D eigenvalue weighted by atomic mass is 35.5. The molecular formula is C23H25ClN2O3. The third-order valence-corrected chi connectivity index (χ3v) is 4.99. The molecule has 0 spiro atoms. The van der Waals surface area contributed by atoms with Crippen molar-refractivity contribution in [2.45, 2.75) is 26.2 Å². The lowest BCUT2D eigenvalue weighted by Gasteiger charge is -2.25. The number of hydrogen-bond acceptors (Lipinski definition) is 4. The summed E-state index contributed by atoms with van der Waals surface area (Å²) in [6.45, 7) is 3.11. The van der Waals surface area contributed by atoms with Gasteiger partial charge in [-0.2, -0.15) is 0 Å². The first-order valence-electron chi connectivity index (χ1n) is 9.83. The summed E-state index contributed by atoms with van der Waals surface area (Å²) in [4.78, 5) is 26.2. The number of para-hydroxylation sites is 1. The van der Waals surface area contributed by atoms with E-state index in [1.54, 1.807) is 17.9 Å². The smallest absolute Gasteiger partial charge is 0.330 e. The van der Waals surface area contributed by atoms with Crippen LogP contribution in [0.4, 0.5) is 11.4 Å². The van der Waals surface area contributed by atoms with Gasteiger partial charge in [0.15, 0.2) is 0 Å². The van der Waals surface area contributed by atoms with Crippen LogP contribution in [0.5, 0.6) is 0 Å². The molecule has 0 saturated carbocycles. The van der Waals surface area contributed by atoms with Crippen molar-refractivity contribution in [1.82, 2.24) is 5.32 Å². The second kappa shape index (κ2) is 10.2. The zero-order valence-electron chi connectivity index (χ0n) is 16.5. The Balaban J connectivity index is 1.70. The van der Waals surface area contributed by atoms with Crippen LogP contribution in [-0.4, -0.2) is 31.6 Å². The minimum absolute atomic E-state index is 0.00439. The first-order chi connectivity index (χ1) is 14.1. The lowest BCUT2D eigenvalue weighted by atomic mass is 10.0. The van der Waals surface area contributed by atoms with Crippen LogP contribution >= 0.6 is 11.6 Å². The summed E-state index contributed by atoms with van der Waals surface area (Å²) < 4.78 is 4.83. The number of esters is 1. The molecule has 29 heavy (non-hydrogen) atoms. The average molecular weight is 413 g/mol. The lowest BCUT2D eigenvalue weighted by molar-refractivity contribution is -0.137. The maximum Gasteiger partial charge on any atom is 0.330 e. The van der Waals surface area contributed by atoms with Crippen LogP contribution in [0.1, 0.15) is 24.5 Å². The van der Waals surface area contributed by atoms with Gasteiger partial charge in [0.1, 0.15) is 0 Å². The molecule has 1 aliphatic rings. The van der Waals surface area contributed by atoms with Crippen LogP contribution in [0.2, 0.25) is 5.02 Å². The van der Waals surface area contributed by atoms with E-state index in [9.17, 15) is 9.59 Å². The number of carbonyl (C=O) groups excluding carboxylic acids is 2. The monoisotopic (exact) mass is 412 g/mol. The molecule has 2 aromatic carbocycles. The summed E-state index contributed by atoms with van der Waals surface area (Å²) in [5, 5.41) is 3.77. The quantitative estimate of drug-likeness (QED) is 0.420. The Hall–Kier alpha value is -2.63.